The predicted octanol–water partition coefficient (Wildman–Crippen LogP) is 7.86. The van der Waals surface area contributed by atoms with Gasteiger partial charge in [0.05, 0.1) is 25.7 Å². The molecule has 1 fully saturated rings. The van der Waals surface area contributed by atoms with E-state index in [2.05, 4.69) is 24.6 Å². The van der Waals surface area contributed by atoms with E-state index in [4.69, 9.17) is 18.9 Å². The lowest BCUT2D eigenvalue weighted by molar-refractivity contribution is -0.139. The normalized spacial score (nSPS) is 14.4. The maximum Gasteiger partial charge on any atom is 0.198 e. The van der Waals surface area contributed by atoms with E-state index in [-0.39, 0.29) is 62.1 Å². The molecule has 0 N–H and O–H groups in total. The largest absolute Gasteiger partial charge is 0.494 e. The number of ketones is 1. The molecule has 5 rings (SSSR count). The molecule has 0 bridgehead atoms. The predicted molar refractivity (Wildman–Crippen MR) is 165 cm³/mol. The molecule has 1 aliphatic rings. The number of methoxy groups -OCH3 is 1. The molecule has 0 amide bonds. The average molecular weight is 645 g/mol. The SMILES string of the molecule is COc1cc(-c2cn(COCC[Si](C)(C)C)c3nccc(Oc4c(F)cc(CC(=O)CCC5(F)COC5)cc4F)c23)ccc1F. The zero-order valence-electron chi connectivity index (χ0n) is 25.7. The molecule has 3 heterocycles. The van der Waals surface area contributed by atoms with Crippen LogP contribution in [0.4, 0.5) is 17.6 Å². The molecule has 1 saturated heterocycles. The molecule has 0 aliphatic carbocycles. The molecule has 2 aromatic carbocycles. The molecular formula is C33H36F4N2O5Si. The summed E-state index contributed by atoms with van der Waals surface area (Å²) in [6.07, 6.45) is 2.92. The molecule has 2 aromatic heterocycles. The van der Waals surface area contributed by atoms with Crippen LogP contribution < -0.4 is 9.47 Å². The number of carbonyl (C=O) groups excluding carboxylic acids is 1. The van der Waals surface area contributed by atoms with Gasteiger partial charge in [-0.3, -0.25) is 4.79 Å². The van der Waals surface area contributed by atoms with Gasteiger partial charge >= 0.3 is 0 Å². The van der Waals surface area contributed by atoms with Gasteiger partial charge in [-0.25, -0.2) is 22.5 Å². The van der Waals surface area contributed by atoms with Crippen molar-refractivity contribution in [2.24, 2.45) is 0 Å². The van der Waals surface area contributed by atoms with Crippen molar-refractivity contribution in [3.05, 3.63) is 71.8 Å². The van der Waals surface area contributed by atoms with Crippen LogP contribution >= 0.6 is 0 Å². The van der Waals surface area contributed by atoms with E-state index in [0.29, 0.717) is 28.8 Å². The van der Waals surface area contributed by atoms with Gasteiger partial charge < -0.3 is 23.5 Å². The second-order valence-electron chi connectivity index (χ2n) is 12.6. The maximum atomic E-state index is 15.3. The number of hydrogen-bond donors (Lipinski definition) is 0. The number of benzene rings is 2. The van der Waals surface area contributed by atoms with Gasteiger partial charge in [-0.05, 0) is 53.9 Å². The summed E-state index contributed by atoms with van der Waals surface area (Å²) in [4.78, 5) is 16.9. The van der Waals surface area contributed by atoms with Crippen molar-refractivity contribution in [2.75, 3.05) is 26.9 Å². The third kappa shape index (κ3) is 7.74. The Morgan fingerprint density at radius 2 is 1.78 bits per heavy atom. The molecule has 0 saturated carbocycles. The minimum Gasteiger partial charge on any atom is -0.494 e. The van der Waals surface area contributed by atoms with Gasteiger partial charge in [0, 0.05) is 45.5 Å². The highest BCUT2D eigenvalue weighted by Crippen LogP contribution is 2.40. The molecule has 12 heteroatoms. The summed E-state index contributed by atoms with van der Waals surface area (Å²) in [5.41, 5.74) is 0.155. The Morgan fingerprint density at radius 1 is 1.04 bits per heavy atom. The summed E-state index contributed by atoms with van der Waals surface area (Å²) < 4.78 is 82.7. The van der Waals surface area contributed by atoms with E-state index in [9.17, 15) is 13.6 Å². The fourth-order valence-electron chi connectivity index (χ4n) is 5.03. The zero-order valence-corrected chi connectivity index (χ0v) is 26.7. The lowest BCUT2D eigenvalue weighted by atomic mass is 9.95. The first-order valence-electron chi connectivity index (χ1n) is 14.7. The number of fused-ring (bicyclic) bond motifs is 1. The van der Waals surface area contributed by atoms with Gasteiger partial charge in [0.2, 0.25) is 0 Å². The third-order valence-electron chi connectivity index (χ3n) is 7.65. The van der Waals surface area contributed by atoms with Crippen LogP contribution in [0, 0.1) is 17.5 Å². The van der Waals surface area contributed by atoms with E-state index in [1.807, 2.05) is 0 Å². The fourth-order valence-corrected chi connectivity index (χ4v) is 5.78. The number of alkyl halides is 1. The van der Waals surface area contributed by atoms with Crippen LogP contribution in [0.5, 0.6) is 17.2 Å². The van der Waals surface area contributed by atoms with Crippen molar-refractivity contribution in [1.29, 1.82) is 0 Å². The molecule has 0 atom stereocenters. The quantitative estimate of drug-likeness (QED) is 0.0791. The van der Waals surface area contributed by atoms with E-state index < -0.39 is 36.9 Å². The van der Waals surface area contributed by atoms with E-state index in [1.165, 1.54) is 31.5 Å². The Balaban J connectivity index is 1.45. The first-order valence-corrected chi connectivity index (χ1v) is 18.4. The summed E-state index contributed by atoms with van der Waals surface area (Å²) in [6, 6.07) is 8.87. The van der Waals surface area contributed by atoms with Crippen LogP contribution in [0.3, 0.4) is 0 Å². The van der Waals surface area contributed by atoms with Crippen LogP contribution in [-0.2, 0) is 27.4 Å². The first kappa shape index (κ1) is 32.6. The minimum atomic E-state index is -1.52. The van der Waals surface area contributed by atoms with Crippen molar-refractivity contribution in [3.8, 4) is 28.4 Å². The number of aromatic nitrogens is 2. The van der Waals surface area contributed by atoms with Crippen LogP contribution in [0.15, 0.2) is 48.8 Å². The summed E-state index contributed by atoms with van der Waals surface area (Å²) >= 11 is 0. The first-order chi connectivity index (χ1) is 21.4. The van der Waals surface area contributed by atoms with Gasteiger partial charge in [0.15, 0.2) is 34.6 Å². The Labute approximate surface area is 260 Å². The average Bonchev–Trinajstić information content (AvgIpc) is 3.34. The summed E-state index contributed by atoms with van der Waals surface area (Å²) in [5, 5.41) is 0.429. The van der Waals surface area contributed by atoms with Crippen LogP contribution in [-0.4, -0.2) is 56.0 Å². The smallest absolute Gasteiger partial charge is 0.198 e. The van der Waals surface area contributed by atoms with Crippen molar-refractivity contribution in [2.45, 2.75) is 57.3 Å². The van der Waals surface area contributed by atoms with Crippen molar-refractivity contribution in [3.63, 3.8) is 0 Å². The number of rotatable bonds is 14. The third-order valence-corrected chi connectivity index (χ3v) is 9.36. The van der Waals surface area contributed by atoms with Gasteiger partial charge in [0.25, 0.3) is 0 Å². The molecule has 45 heavy (non-hydrogen) atoms. The molecule has 0 spiro atoms. The molecule has 7 nitrogen and oxygen atoms in total. The van der Waals surface area contributed by atoms with Crippen molar-refractivity contribution < 1.29 is 41.3 Å². The highest BCUT2D eigenvalue weighted by Gasteiger charge is 2.38. The Hall–Kier alpha value is -3.74. The summed E-state index contributed by atoms with van der Waals surface area (Å²) in [5.74, 6) is -3.41. The van der Waals surface area contributed by atoms with Crippen LogP contribution in [0.2, 0.25) is 25.7 Å². The zero-order chi connectivity index (χ0) is 32.4. The standard InChI is InChI=1S/C33H36F4N2O5Si/c1-41-29-16-22(5-6-25(29)34)24-17-39(20-42-11-12-45(2,3)4)32-30(24)28(8-10-38-32)44-31-26(35)14-21(15-27(31)36)13-23(40)7-9-33(37)18-43-19-33/h5-6,8,10,14-17H,7,9,11-13,18-20H2,1-4H3. The second kappa shape index (κ2) is 13.3. The molecule has 1 aliphatic heterocycles. The monoisotopic (exact) mass is 644 g/mol. The lowest BCUT2D eigenvalue weighted by Crippen LogP contribution is -2.45. The highest BCUT2D eigenvalue weighted by atomic mass is 28.3. The summed E-state index contributed by atoms with van der Waals surface area (Å²) in [7, 11) is 0.0299. The van der Waals surface area contributed by atoms with Crippen molar-refractivity contribution in [1.82, 2.24) is 9.55 Å². The fraction of sp³-hybridized carbons (Fsp3) is 0.394. The number of hydrogen-bond acceptors (Lipinski definition) is 6. The second-order valence-corrected chi connectivity index (χ2v) is 18.2. The number of ether oxygens (including phenoxy) is 4. The van der Waals surface area contributed by atoms with Crippen molar-refractivity contribution >= 4 is 24.9 Å². The number of pyridine rings is 1. The highest BCUT2D eigenvalue weighted by molar-refractivity contribution is 6.76. The Morgan fingerprint density at radius 3 is 2.42 bits per heavy atom. The van der Waals surface area contributed by atoms with Gasteiger partial charge in [-0.1, -0.05) is 25.7 Å². The van der Waals surface area contributed by atoms with E-state index in [0.717, 1.165) is 18.2 Å². The summed E-state index contributed by atoms with van der Waals surface area (Å²) in [6.45, 7) is 7.37. The lowest BCUT2D eigenvalue weighted by Gasteiger charge is -2.33. The Bertz CT molecular complexity index is 1680. The number of carbonyl (C=O) groups is 1. The maximum absolute atomic E-state index is 15.3. The molecule has 0 radical (unpaired) electrons. The number of halogens is 4. The van der Waals surface area contributed by atoms with E-state index >= 15 is 8.78 Å². The molecular weight excluding hydrogens is 608 g/mol. The van der Waals surface area contributed by atoms with Crippen LogP contribution in [0.1, 0.15) is 18.4 Å². The Kier molecular flexibility index (Phi) is 9.66. The van der Waals surface area contributed by atoms with Gasteiger partial charge in [-0.2, -0.15) is 0 Å². The van der Waals surface area contributed by atoms with E-state index in [1.54, 1.807) is 16.8 Å². The van der Waals surface area contributed by atoms with Gasteiger partial charge in [-0.15, -0.1) is 0 Å². The number of Topliss-reactive ketones (excluding diaryl/α,β-unsaturated/α-hetero) is 1. The molecule has 4 aromatic rings. The molecule has 0 unspecified atom stereocenters. The van der Waals surface area contributed by atoms with Gasteiger partial charge in [0.1, 0.15) is 23.9 Å². The topological polar surface area (TPSA) is 71.8 Å². The molecule has 240 valence electrons. The van der Waals surface area contributed by atoms with Crippen LogP contribution in [0.25, 0.3) is 22.2 Å². The minimum absolute atomic E-state index is 0.00129. The number of nitrogens with zero attached hydrogens (tertiary/aromatic N) is 2.